The van der Waals surface area contributed by atoms with E-state index in [0.29, 0.717) is 23.4 Å². The van der Waals surface area contributed by atoms with Crippen LogP contribution in [-0.4, -0.2) is 36.5 Å². The van der Waals surface area contributed by atoms with Crippen LogP contribution in [0.3, 0.4) is 0 Å². The molecule has 0 aliphatic carbocycles. The van der Waals surface area contributed by atoms with E-state index in [9.17, 15) is 24.5 Å². The van der Waals surface area contributed by atoms with Gasteiger partial charge in [0.25, 0.3) is 5.69 Å². The summed E-state index contributed by atoms with van der Waals surface area (Å²) in [4.78, 5) is 50.4. The fraction of sp³-hybridized carbons (Fsp3) is 0.387. The quantitative estimate of drug-likeness (QED) is 0.168. The first-order valence-electron chi connectivity index (χ1n) is 13.4. The van der Waals surface area contributed by atoms with Gasteiger partial charge in [0, 0.05) is 23.5 Å². The zero-order chi connectivity index (χ0) is 30.3. The number of nitrogens with one attached hydrogen (secondary N) is 1. The third-order valence-corrected chi connectivity index (χ3v) is 6.65. The van der Waals surface area contributed by atoms with Gasteiger partial charge in [-0.2, -0.15) is 0 Å². The minimum atomic E-state index is -0.995. The standard InChI is InChI=1S/C31H36N2O8/c1-7-40-29(35)27-23(16-17-24(20-12-9-8-10-13-20)41-30(36)31(3,4)5)32-19(2)25(28(34)39-6)26(27)21-14-11-15-22(18-21)33(37)38/h8-15,18,24,26,32H,7,16-17H2,1-6H3. The molecule has 1 N–H and O–H groups in total. The number of hydrogen-bond acceptors (Lipinski definition) is 9. The maximum Gasteiger partial charge on any atom is 0.336 e. The average molecular weight is 565 g/mol. The topological polar surface area (TPSA) is 134 Å². The molecule has 2 aromatic rings. The van der Waals surface area contributed by atoms with E-state index >= 15 is 0 Å². The van der Waals surface area contributed by atoms with Gasteiger partial charge in [0.1, 0.15) is 6.10 Å². The van der Waals surface area contributed by atoms with E-state index < -0.39 is 34.3 Å². The molecule has 10 nitrogen and oxygen atoms in total. The molecule has 0 radical (unpaired) electrons. The number of allylic oxidation sites excluding steroid dienone is 2. The molecule has 218 valence electrons. The Bertz CT molecular complexity index is 1370. The number of dihydropyridines is 1. The fourth-order valence-electron chi connectivity index (χ4n) is 4.62. The zero-order valence-electron chi connectivity index (χ0n) is 24.2. The van der Waals surface area contributed by atoms with Crippen molar-refractivity contribution in [1.29, 1.82) is 0 Å². The first kappa shape index (κ1) is 31.1. The Hall–Kier alpha value is -4.47. The summed E-state index contributed by atoms with van der Waals surface area (Å²) in [6, 6.07) is 15.1. The lowest BCUT2D eigenvalue weighted by molar-refractivity contribution is -0.384. The molecule has 2 atom stereocenters. The monoisotopic (exact) mass is 564 g/mol. The van der Waals surface area contributed by atoms with Gasteiger partial charge in [-0.15, -0.1) is 0 Å². The molecule has 1 heterocycles. The van der Waals surface area contributed by atoms with Crippen LogP contribution < -0.4 is 5.32 Å². The molecule has 0 bridgehead atoms. The van der Waals surface area contributed by atoms with E-state index in [1.54, 1.807) is 40.7 Å². The van der Waals surface area contributed by atoms with E-state index in [2.05, 4.69) is 5.32 Å². The normalized spacial score (nSPS) is 16.0. The highest BCUT2D eigenvalue weighted by molar-refractivity contribution is 6.00. The lowest BCUT2D eigenvalue weighted by Crippen LogP contribution is -2.33. The number of nitrogens with zero attached hydrogens (tertiary/aromatic N) is 1. The maximum atomic E-state index is 13.5. The van der Waals surface area contributed by atoms with Crippen LogP contribution >= 0.6 is 0 Å². The number of rotatable bonds is 10. The lowest BCUT2D eigenvalue weighted by Gasteiger charge is -2.32. The number of ether oxygens (including phenoxy) is 3. The van der Waals surface area contributed by atoms with Crippen molar-refractivity contribution in [3.8, 4) is 0 Å². The van der Waals surface area contributed by atoms with Gasteiger partial charge >= 0.3 is 17.9 Å². The van der Waals surface area contributed by atoms with Crippen molar-refractivity contribution in [2.75, 3.05) is 13.7 Å². The summed E-state index contributed by atoms with van der Waals surface area (Å²) in [6.07, 6.45) is -0.0784. The number of nitro groups is 1. The summed E-state index contributed by atoms with van der Waals surface area (Å²) >= 11 is 0. The minimum Gasteiger partial charge on any atom is -0.466 e. The van der Waals surface area contributed by atoms with Crippen LogP contribution in [0.25, 0.3) is 0 Å². The molecule has 0 spiro atoms. The van der Waals surface area contributed by atoms with Gasteiger partial charge in [-0.3, -0.25) is 14.9 Å². The molecule has 1 aliphatic rings. The molecular weight excluding hydrogens is 528 g/mol. The predicted octanol–water partition coefficient (Wildman–Crippen LogP) is 5.66. The van der Waals surface area contributed by atoms with Crippen LogP contribution in [0, 0.1) is 15.5 Å². The van der Waals surface area contributed by atoms with Crippen LogP contribution in [0.4, 0.5) is 5.69 Å². The second-order valence-electron chi connectivity index (χ2n) is 10.6. The highest BCUT2D eigenvalue weighted by atomic mass is 16.6. The molecule has 0 amide bonds. The van der Waals surface area contributed by atoms with Crippen LogP contribution in [-0.2, 0) is 28.6 Å². The fourth-order valence-corrected chi connectivity index (χ4v) is 4.62. The van der Waals surface area contributed by atoms with Crippen molar-refractivity contribution in [1.82, 2.24) is 5.32 Å². The van der Waals surface area contributed by atoms with Crippen LogP contribution in [0.15, 0.2) is 77.1 Å². The lowest BCUT2D eigenvalue weighted by atomic mass is 9.79. The van der Waals surface area contributed by atoms with E-state index in [1.807, 2.05) is 30.3 Å². The largest absolute Gasteiger partial charge is 0.466 e. The summed E-state index contributed by atoms with van der Waals surface area (Å²) < 4.78 is 16.4. The molecule has 0 fully saturated rings. The van der Waals surface area contributed by atoms with E-state index in [4.69, 9.17) is 14.2 Å². The highest BCUT2D eigenvalue weighted by Crippen LogP contribution is 2.42. The van der Waals surface area contributed by atoms with Gasteiger partial charge in [-0.1, -0.05) is 42.5 Å². The van der Waals surface area contributed by atoms with E-state index in [-0.39, 0.29) is 35.8 Å². The molecular formula is C31H36N2O8. The molecule has 10 heteroatoms. The van der Waals surface area contributed by atoms with Crippen molar-refractivity contribution in [3.05, 3.63) is 98.4 Å². The number of esters is 3. The third-order valence-electron chi connectivity index (χ3n) is 6.65. The van der Waals surface area contributed by atoms with Gasteiger partial charge in [-0.25, -0.2) is 9.59 Å². The number of benzene rings is 2. The highest BCUT2D eigenvalue weighted by Gasteiger charge is 2.39. The Balaban J connectivity index is 2.14. The molecule has 1 aliphatic heterocycles. The van der Waals surface area contributed by atoms with Crippen molar-refractivity contribution in [2.45, 2.75) is 59.5 Å². The van der Waals surface area contributed by atoms with Crippen molar-refractivity contribution >= 4 is 23.6 Å². The Kier molecular flexibility index (Phi) is 10.0. The second-order valence-corrected chi connectivity index (χ2v) is 10.6. The first-order chi connectivity index (χ1) is 19.4. The number of non-ortho nitro benzene ring substituents is 1. The van der Waals surface area contributed by atoms with Crippen LogP contribution in [0.5, 0.6) is 0 Å². The Labute approximate surface area is 239 Å². The summed E-state index contributed by atoms with van der Waals surface area (Å²) in [5.41, 5.74) is 1.39. The van der Waals surface area contributed by atoms with Gasteiger partial charge in [0.15, 0.2) is 0 Å². The van der Waals surface area contributed by atoms with Gasteiger partial charge in [-0.05, 0) is 58.6 Å². The van der Waals surface area contributed by atoms with E-state index in [0.717, 1.165) is 5.56 Å². The Morgan fingerprint density at radius 2 is 1.71 bits per heavy atom. The predicted molar refractivity (Wildman–Crippen MR) is 151 cm³/mol. The summed E-state index contributed by atoms with van der Waals surface area (Å²) in [7, 11) is 1.23. The first-order valence-corrected chi connectivity index (χ1v) is 13.4. The Morgan fingerprint density at radius 3 is 2.29 bits per heavy atom. The number of carbonyl (C=O) groups excluding carboxylic acids is 3. The number of carbonyl (C=O) groups is 3. The van der Waals surface area contributed by atoms with E-state index in [1.165, 1.54) is 25.3 Å². The SMILES string of the molecule is CCOC(=O)C1=C(CCC(OC(=O)C(C)(C)C)c2ccccc2)NC(C)=C(C(=O)OC)C1c1cccc([N+](=O)[O-])c1. The maximum absolute atomic E-state index is 13.5. The molecule has 3 rings (SSSR count). The van der Waals surface area contributed by atoms with Crippen molar-refractivity contribution < 1.29 is 33.5 Å². The van der Waals surface area contributed by atoms with Crippen molar-refractivity contribution in [2.24, 2.45) is 5.41 Å². The molecule has 0 aromatic heterocycles. The van der Waals surface area contributed by atoms with Crippen LogP contribution in [0.1, 0.15) is 70.6 Å². The molecule has 41 heavy (non-hydrogen) atoms. The second kappa shape index (κ2) is 13.3. The summed E-state index contributed by atoms with van der Waals surface area (Å²) in [5.74, 6) is -2.73. The van der Waals surface area contributed by atoms with Crippen LogP contribution in [0.2, 0.25) is 0 Å². The molecule has 2 unspecified atom stereocenters. The number of methoxy groups -OCH3 is 1. The molecule has 2 aromatic carbocycles. The summed E-state index contributed by atoms with van der Waals surface area (Å²) in [6.45, 7) is 8.72. The third kappa shape index (κ3) is 7.39. The number of hydrogen-bond donors (Lipinski definition) is 1. The summed E-state index contributed by atoms with van der Waals surface area (Å²) in [5, 5.41) is 14.8. The van der Waals surface area contributed by atoms with Gasteiger partial charge < -0.3 is 19.5 Å². The minimum absolute atomic E-state index is 0.0728. The number of nitro benzene ring substituents is 1. The zero-order valence-corrected chi connectivity index (χ0v) is 24.2. The van der Waals surface area contributed by atoms with Gasteiger partial charge in [0.2, 0.25) is 0 Å². The molecule has 0 saturated heterocycles. The average Bonchev–Trinajstić information content (AvgIpc) is 2.94. The smallest absolute Gasteiger partial charge is 0.336 e. The van der Waals surface area contributed by atoms with Gasteiger partial charge in [0.05, 0.1) is 41.1 Å². The molecule has 0 saturated carbocycles. The van der Waals surface area contributed by atoms with Crippen molar-refractivity contribution in [3.63, 3.8) is 0 Å². The Morgan fingerprint density at radius 1 is 1.02 bits per heavy atom.